The summed E-state index contributed by atoms with van der Waals surface area (Å²) in [6.45, 7) is 6.19. The Kier molecular flexibility index (Phi) is 5.89. The molecule has 2 N–H and O–H groups in total. The normalized spacial score (nSPS) is 10.6. The van der Waals surface area contributed by atoms with Gasteiger partial charge in [0.1, 0.15) is 5.75 Å². The molecule has 2 aromatic carbocycles. The molecule has 0 bridgehead atoms. The SMILES string of the molecule is COc1ccccc1Nc1ncc(C(=O)Nc2c(C)cccc2C(C)C)cn1. The van der Waals surface area contributed by atoms with Crippen LogP contribution in [0.15, 0.2) is 54.9 Å². The zero-order valence-electron chi connectivity index (χ0n) is 16.5. The molecule has 1 heterocycles. The van der Waals surface area contributed by atoms with Crippen LogP contribution in [-0.2, 0) is 0 Å². The third-order valence-corrected chi connectivity index (χ3v) is 4.43. The van der Waals surface area contributed by atoms with E-state index in [9.17, 15) is 4.79 Å². The molecule has 1 aromatic heterocycles. The van der Waals surface area contributed by atoms with E-state index in [0.29, 0.717) is 23.2 Å². The van der Waals surface area contributed by atoms with Crippen LogP contribution in [0.2, 0.25) is 0 Å². The van der Waals surface area contributed by atoms with Gasteiger partial charge in [-0.25, -0.2) is 9.97 Å². The molecular formula is C22H24N4O2. The van der Waals surface area contributed by atoms with Crippen molar-refractivity contribution >= 4 is 23.2 Å². The summed E-state index contributed by atoms with van der Waals surface area (Å²) in [7, 11) is 1.60. The van der Waals surface area contributed by atoms with E-state index in [1.165, 1.54) is 12.4 Å². The van der Waals surface area contributed by atoms with E-state index in [0.717, 1.165) is 22.5 Å². The molecule has 0 aliphatic heterocycles. The van der Waals surface area contributed by atoms with Gasteiger partial charge in [-0.1, -0.05) is 44.2 Å². The highest BCUT2D eigenvalue weighted by Gasteiger charge is 2.14. The summed E-state index contributed by atoms with van der Waals surface area (Å²) in [5, 5.41) is 6.10. The van der Waals surface area contributed by atoms with Crippen molar-refractivity contribution in [2.24, 2.45) is 0 Å². The zero-order chi connectivity index (χ0) is 20.1. The molecule has 3 aromatic rings. The van der Waals surface area contributed by atoms with Gasteiger partial charge >= 0.3 is 0 Å². The van der Waals surface area contributed by atoms with Crippen molar-refractivity contribution in [1.82, 2.24) is 9.97 Å². The molecule has 144 valence electrons. The van der Waals surface area contributed by atoms with Gasteiger partial charge in [-0.15, -0.1) is 0 Å². The van der Waals surface area contributed by atoms with Gasteiger partial charge in [0, 0.05) is 18.1 Å². The lowest BCUT2D eigenvalue weighted by atomic mass is 9.98. The van der Waals surface area contributed by atoms with Crippen LogP contribution in [0, 0.1) is 6.92 Å². The maximum absolute atomic E-state index is 12.7. The molecule has 6 heteroatoms. The Balaban J connectivity index is 1.76. The summed E-state index contributed by atoms with van der Waals surface area (Å²) >= 11 is 0. The van der Waals surface area contributed by atoms with E-state index in [1.54, 1.807) is 7.11 Å². The van der Waals surface area contributed by atoms with Gasteiger partial charge in [-0.2, -0.15) is 0 Å². The lowest BCUT2D eigenvalue weighted by molar-refractivity contribution is 0.102. The predicted octanol–water partition coefficient (Wildman–Crippen LogP) is 4.91. The fourth-order valence-corrected chi connectivity index (χ4v) is 2.91. The van der Waals surface area contributed by atoms with Gasteiger partial charge in [0.25, 0.3) is 5.91 Å². The van der Waals surface area contributed by atoms with Crippen molar-refractivity contribution in [1.29, 1.82) is 0 Å². The molecule has 0 aliphatic rings. The number of nitrogens with zero attached hydrogens (tertiary/aromatic N) is 2. The average Bonchev–Trinajstić information content (AvgIpc) is 2.70. The monoisotopic (exact) mass is 376 g/mol. The number of benzene rings is 2. The first-order chi connectivity index (χ1) is 13.5. The summed E-state index contributed by atoms with van der Waals surface area (Å²) < 4.78 is 5.31. The predicted molar refractivity (Wildman–Crippen MR) is 112 cm³/mol. The molecule has 6 nitrogen and oxygen atoms in total. The lowest BCUT2D eigenvalue weighted by Crippen LogP contribution is -2.15. The molecule has 0 radical (unpaired) electrons. The van der Waals surface area contributed by atoms with Crippen molar-refractivity contribution in [2.45, 2.75) is 26.7 Å². The van der Waals surface area contributed by atoms with Crippen LogP contribution >= 0.6 is 0 Å². The number of ether oxygens (including phenoxy) is 1. The van der Waals surface area contributed by atoms with Crippen LogP contribution in [0.25, 0.3) is 0 Å². The first kappa shape index (κ1) is 19.4. The highest BCUT2D eigenvalue weighted by molar-refractivity contribution is 6.04. The molecule has 0 saturated carbocycles. The molecule has 0 fully saturated rings. The average molecular weight is 376 g/mol. The highest BCUT2D eigenvalue weighted by Crippen LogP contribution is 2.28. The van der Waals surface area contributed by atoms with Crippen LogP contribution in [0.3, 0.4) is 0 Å². The Morgan fingerprint density at radius 1 is 1.04 bits per heavy atom. The molecule has 0 aliphatic carbocycles. The van der Waals surface area contributed by atoms with Gasteiger partial charge in [0.2, 0.25) is 5.95 Å². The number of aryl methyl sites for hydroxylation is 1. The number of methoxy groups -OCH3 is 1. The minimum absolute atomic E-state index is 0.236. The molecular weight excluding hydrogens is 352 g/mol. The van der Waals surface area contributed by atoms with Crippen LogP contribution in [0.5, 0.6) is 5.75 Å². The Labute approximate surface area is 165 Å². The van der Waals surface area contributed by atoms with E-state index in [1.807, 2.05) is 49.4 Å². The van der Waals surface area contributed by atoms with E-state index in [2.05, 4.69) is 34.4 Å². The maximum atomic E-state index is 12.7. The van der Waals surface area contributed by atoms with Gasteiger partial charge in [0.15, 0.2) is 0 Å². The van der Waals surface area contributed by atoms with Crippen LogP contribution in [0.4, 0.5) is 17.3 Å². The number of para-hydroxylation sites is 3. The van der Waals surface area contributed by atoms with E-state index in [4.69, 9.17) is 4.74 Å². The third kappa shape index (κ3) is 4.28. The van der Waals surface area contributed by atoms with Crippen LogP contribution in [0.1, 0.15) is 41.3 Å². The fourth-order valence-electron chi connectivity index (χ4n) is 2.91. The van der Waals surface area contributed by atoms with Crippen molar-refractivity contribution < 1.29 is 9.53 Å². The molecule has 3 rings (SSSR count). The number of carbonyl (C=O) groups is 1. The minimum atomic E-state index is -0.236. The quantitative estimate of drug-likeness (QED) is 0.639. The topological polar surface area (TPSA) is 76.1 Å². The van der Waals surface area contributed by atoms with Crippen molar-refractivity contribution in [2.75, 3.05) is 17.7 Å². The number of hydrogen-bond acceptors (Lipinski definition) is 5. The van der Waals surface area contributed by atoms with Crippen molar-refractivity contribution in [3.05, 3.63) is 71.5 Å². The summed E-state index contributed by atoms with van der Waals surface area (Å²) in [6, 6.07) is 13.5. The van der Waals surface area contributed by atoms with E-state index >= 15 is 0 Å². The van der Waals surface area contributed by atoms with Crippen molar-refractivity contribution in [3.8, 4) is 5.75 Å². The molecule has 0 atom stereocenters. The van der Waals surface area contributed by atoms with Gasteiger partial charge in [-0.3, -0.25) is 4.79 Å². The first-order valence-electron chi connectivity index (χ1n) is 9.12. The van der Waals surface area contributed by atoms with Gasteiger partial charge < -0.3 is 15.4 Å². The standard InChI is InChI=1S/C22H24N4O2/c1-14(2)17-9-7-8-15(3)20(17)26-21(27)16-12-23-22(24-13-16)25-18-10-5-6-11-19(18)28-4/h5-14H,1-4H3,(H,26,27)(H,23,24,25). The first-order valence-corrected chi connectivity index (χ1v) is 9.12. The summed E-state index contributed by atoms with van der Waals surface area (Å²) in [4.78, 5) is 21.2. The number of hydrogen-bond donors (Lipinski definition) is 2. The number of nitrogens with one attached hydrogen (secondary N) is 2. The smallest absolute Gasteiger partial charge is 0.258 e. The Morgan fingerprint density at radius 3 is 2.43 bits per heavy atom. The number of amides is 1. The summed E-state index contributed by atoms with van der Waals surface area (Å²) in [5.74, 6) is 1.15. The third-order valence-electron chi connectivity index (χ3n) is 4.43. The second-order valence-corrected chi connectivity index (χ2v) is 6.77. The minimum Gasteiger partial charge on any atom is -0.495 e. The molecule has 28 heavy (non-hydrogen) atoms. The number of rotatable bonds is 6. The van der Waals surface area contributed by atoms with Gasteiger partial charge in [-0.05, 0) is 36.1 Å². The largest absolute Gasteiger partial charge is 0.495 e. The second-order valence-electron chi connectivity index (χ2n) is 6.77. The number of anilines is 3. The Morgan fingerprint density at radius 2 is 1.75 bits per heavy atom. The zero-order valence-corrected chi connectivity index (χ0v) is 16.5. The second kappa shape index (κ2) is 8.52. The summed E-state index contributed by atoms with van der Waals surface area (Å²) in [6.07, 6.45) is 3.01. The lowest BCUT2D eigenvalue weighted by Gasteiger charge is -2.16. The van der Waals surface area contributed by atoms with Gasteiger partial charge in [0.05, 0.1) is 18.4 Å². The Hall–Kier alpha value is -3.41. The fraction of sp³-hybridized carbons (Fsp3) is 0.227. The molecule has 0 saturated heterocycles. The Bertz CT molecular complexity index is 969. The molecule has 1 amide bonds. The van der Waals surface area contributed by atoms with E-state index < -0.39 is 0 Å². The van der Waals surface area contributed by atoms with Crippen molar-refractivity contribution in [3.63, 3.8) is 0 Å². The van der Waals surface area contributed by atoms with Crippen LogP contribution < -0.4 is 15.4 Å². The summed E-state index contributed by atoms with van der Waals surface area (Å²) in [5.41, 5.74) is 4.12. The van der Waals surface area contributed by atoms with Crippen LogP contribution in [-0.4, -0.2) is 23.0 Å². The van der Waals surface area contributed by atoms with E-state index in [-0.39, 0.29) is 5.91 Å². The molecule has 0 spiro atoms. The highest BCUT2D eigenvalue weighted by atomic mass is 16.5. The number of aromatic nitrogens is 2. The molecule has 0 unspecified atom stereocenters. The maximum Gasteiger partial charge on any atom is 0.258 e. The number of carbonyl (C=O) groups excluding carboxylic acids is 1.